The molecule has 43 heavy (non-hydrogen) atoms. The molecule has 218 valence electrons. The molecule has 0 unspecified atom stereocenters. The van der Waals surface area contributed by atoms with Crippen LogP contribution in [0.15, 0.2) is 67.5 Å². The average molecular weight is 586 g/mol. The van der Waals surface area contributed by atoms with Crippen LogP contribution in [-0.2, 0) is 12.7 Å². The highest BCUT2D eigenvalue weighted by Crippen LogP contribution is 2.45. The molecule has 4 heterocycles. The van der Waals surface area contributed by atoms with Gasteiger partial charge in [-0.15, -0.1) is 0 Å². The molecule has 10 nitrogen and oxygen atoms in total. The van der Waals surface area contributed by atoms with Gasteiger partial charge in [0.25, 0.3) is 0 Å². The summed E-state index contributed by atoms with van der Waals surface area (Å²) in [6.07, 6.45) is 4.96. The van der Waals surface area contributed by atoms with Crippen LogP contribution in [0.25, 0.3) is 22.8 Å². The molecular weight excluding hydrogens is 559 g/mol. The number of halogens is 3. The Morgan fingerprint density at radius 3 is 2.37 bits per heavy atom. The molecule has 0 atom stereocenters. The zero-order valence-electron chi connectivity index (χ0n) is 23.1. The summed E-state index contributed by atoms with van der Waals surface area (Å²) in [6, 6.07) is 12.9. The van der Waals surface area contributed by atoms with Gasteiger partial charge in [0, 0.05) is 29.9 Å². The lowest BCUT2D eigenvalue weighted by molar-refractivity contribution is -0.140. The molecule has 2 aliphatic carbocycles. The van der Waals surface area contributed by atoms with Crippen LogP contribution >= 0.6 is 0 Å². The lowest BCUT2D eigenvalue weighted by Crippen LogP contribution is -2.20. The Labute approximate surface area is 244 Å². The number of aromatic nitrogens is 8. The minimum absolute atomic E-state index is 0.0463. The zero-order valence-corrected chi connectivity index (χ0v) is 23.1. The fraction of sp³-hybridized carbons (Fsp3) is 0.300. The Kier molecular flexibility index (Phi) is 6.71. The third-order valence-electron chi connectivity index (χ3n) is 7.47. The summed E-state index contributed by atoms with van der Waals surface area (Å²) >= 11 is 0. The lowest BCUT2D eigenvalue weighted by atomic mass is 10.1. The number of benzene rings is 1. The minimum Gasteiger partial charge on any atom is -0.480 e. The van der Waals surface area contributed by atoms with Crippen LogP contribution in [0.5, 0.6) is 5.88 Å². The lowest BCUT2D eigenvalue weighted by Gasteiger charge is -2.22. The number of rotatable bonds is 9. The molecule has 0 bridgehead atoms. The van der Waals surface area contributed by atoms with E-state index < -0.39 is 11.9 Å². The number of anilines is 2. The van der Waals surface area contributed by atoms with Gasteiger partial charge in [0.1, 0.15) is 29.9 Å². The van der Waals surface area contributed by atoms with Crippen molar-refractivity contribution >= 4 is 11.8 Å². The molecule has 0 amide bonds. The average Bonchev–Trinajstić information content (AvgIpc) is 3.98. The highest BCUT2D eigenvalue weighted by Gasteiger charge is 2.37. The van der Waals surface area contributed by atoms with Crippen molar-refractivity contribution in [2.24, 2.45) is 0 Å². The summed E-state index contributed by atoms with van der Waals surface area (Å²) in [6.45, 7) is 0.337. The van der Waals surface area contributed by atoms with E-state index in [9.17, 15) is 13.2 Å². The molecule has 2 aliphatic rings. The molecule has 0 radical (unpaired) electrons. The number of hydrogen-bond acceptors (Lipinski definition) is 9. The highest BCUT2D eigenvalue weighted by molar-refractivity contribution is 5.67. The normalized spacial score (nSPS) is 15.0. The molecule has 13 heteroatoms. The second-order valence-corrected chi connectivity index (χ2v) is 10.6. The number of nitrogens with zero attached hydrogens (tertiary/aromatic N) is 9. The van der Waals surface area contributed by atoms with Gasteiger partial charge >= 0.3 is 6.18 Å². The maximum absolute atomic E-state index is 13.4. The number of ether oxygens (including phenoxy) is 1. The number of alkyl halides is 3. The SMILES string of the molecule is COc1ncnc(C2CC2)c1-c1ncnc(N(Cc2ccc(-c3nc(C(F)(F)F)cn3C3CC3)cc2)c2ccccn2)n1. The van der Waals surface area contributed by atoms with Crippen molar-refractivity contribution in [1.82, 2.24) is 39.5 Å². The second kappa shape index (κ2) is 10.7. The number of hydrogen-bond donors (Lipinski definition) is 0. The predicted molar refractivity (Wildman–Crippen MR) is 150 cm³/mol. The number of imidazole rings is 1. The van der Waals surface area contributed by atoms with Crippen molar-refractivity contribution < 1.29 is 17.9 Å². The highest BCUT2D eigenvalue weighted by atomic mass is 19.4. The van der Waals surface area contributed by atoms with Crippen molar-refractivity contribution in [2.75, 3.05) is 12.0 Å². The molecule has 2 saturated carbocycles. The minimum atomic E-state index is -4.50. The van der Waals surface area contributed by atoms with Crippen LogP contribution in [0.3, 0.4) is 0 Å². The second-order valence-electron chi connectivity index (χ2n) is 10.6. The van der Waals surface area contributed by atoms with Crippen LogP contribution in [0.1, 0.15) is 54.6 Å². The molecule has 2 fully saturated rings. The van der Waals surface area contributed by atoms with Gasteiger partial charge in [-0.2, -0.15) is 18.2 Å². The molecule has 5 aromatic rings. The van der Waals surface area contributed by atoms with Crippen LogP contribution in [-0.4, -0.2) is 46.6 Å². The van der Waals surface area contributed by atoms with E-state index in [1.165, 1.54) is 12.7 Å². The van der Waals surface area contributed by atoms with Crippen LogP contribution in [0, 0.1) is 0 Å². The van der Waals surface area contributed by atoms with Crippen molar-refractivity contribution in [3.8, 4) is 28.7 Å². The zero-order chi connectivity index (χ0) is 29.6. The molecule has 1 aromatic carbocycles. The Bertz CT molecular complexity index is 1750. The Balaban J connectivity index is 1.23. The van der Waals surface area contributed by atoms with Gasteiger partial charge in [-0.25, -0.2) is 29.9 Å². The predicted octanol–water partition coefficient (Wildman–Crippen LogP) is 6.17. The molecule has 0 saturated heterocycles. The number of pyridine rings is 1. The smallest absolute Gasteiger partial charge is 0.434 e. The summed E-state index contributed by atoms with van der Waals surface area (Å²) in [5.74, 6) is 2.39. The molecular formula is C30H26F3N9O. The first-order chi connectivity index (χ1) is 20.9. The largest absolute Gasteiger partial charge is 0.480 e. The van der Waals surface area contributed by atoms with E-state index in [4.69, 9.17) is 9.72 Å². The molecule has 0 spiro atoms. The van der Waals surface area contributed by atoms with E-state index in [0.717, 1.165) is 43.1 Å². The van der Waals surface area contributed by atoms with E-state index in [1.54, 1.807) is 30.0 Å². The maximum Gasteiger partial charge on any atom is 0.434 e. The van der Waals surface area contributed by atoms with Gasteiger partial charge in [-0.1, -0.05) is 30.3 Å². The van der Waals surface area contributed by atoms with Crippen LogP contribution in [0.4, 0.5) is 24.9 Å². The summed E-state index contributed by atoms with van der Waals surface area (Å²) in [7, 11) is 1.55. The van der Waals surface area contributed by atoms with E-state index in [0.29, 0.717) is 52.9 Å². The van der Waals surface area contributed by atoms with Crippen molar-refractivity contribution in [3.63, 3.8) is 0 Å². The fourth-order valence-electron chi connectivity index (χ4n) is 5.04. The van der Waals surface area contributed by atoms with Crippen LogP contribution < -0.4 is 9.64 Å². The van der Waals surface area contributed by atoms with Crippen LogP contribution in [0.2, 0.25) is 0 Å². The van der Waals surface area contributed by atoms with Gasteiger partial charge in [-0.05, 0) is 43.4 Å². The van der Waals surface area contributed by atoms with Gasteiger partial charge < -0.3 is 9.30 Å². The Morgan fingerprint density at radius 1 is 0.907 bits per heavy atom. The van der Waals surface area contributed by atoms with Gasteiger partial charge in [0.05, 0.1) is 19.3 Å². The van der Waals surface area contributed by atoms with E-state index in [1.807, 2.05) is 35.2 Å². The van der Waals surface area contributed by atoms with E-state index >= 15 is 0 Å². The first-order valence-corrected chi connectivity index (χ1v) is 13.9. The summed E-state index contributed by atoms with van der Waals surface area (Å²) in [5.41, 5.74) is 2.10. The summed E-state index contributed by atoms with van der Waals surface area (Å²) < 4.78 is 47.5. The molecule has 0 aliphatic heterocycles. The third kappa shape index (κ3) is 5.49. The first-order valence-electron chi connectivity index (χ1n) is 13.9. The Hall–Kier alpha value is -4.94. The maximum atomic E-state index is 13.4. The van der Waals surface area contributed by atoms with Crippen molar-refractivity contribution in [1.29, 1.82) is 0 Å². The number of methoxy groups -OCH3 is 1. The molecule has 4 aromatic heterocycles. The quantitative estimate of drug-likeness (QED) is 0.201. The molecule has 0 N–H and O–H groups in total. The first kappa shape index (κ1) is 26.9. The molecule has 7 rings (SSSR count). The van der Waals surface area contributed by atoms with Crippen molar-refractivity contribution in [3.05, 3.63) is 84.5 Å². The van der Waals surface area contributed by atoms with Gasteiger partial charge in [0.2, 0.25) is 11.8 Å². The topological polar surface area (TPSA) is 108 Å². The van der Waals surface area contributed by atoms with E-state index in [2.05, 4.69) is 29.9 Å². The monoisotopic (exact) mass is 585 g/mol. The third-order valence-corrected chi connectivity index (χ3v) is 7.47. The summed E-state index contributed by atoms with van der Waals surface area (Å²) in [4.78, 5) is 32.8. The van der Waals surface area contributed by atoms with Gasteiger partial charge in [-0.3, -0.25) is 4.90 Å². The summed E-state index contributed by atoms with van der Waals surface area (Å²) in [5, 5.41) is 0. The Morgan fingerprint density at radius 2 is 1.70 bits per heavy atom. The van der Waals surface area contributed by atoms with Gasteiger partial charge in [0.15, 0.2) is 11.5 Å². The fourth-order valence-corrected chi connectivity index (χ4v) is 5.04. The standard InChI is InChI=1S/C30H26F3N9O/c1-43-28-24(25(19-9-10-19)35-16-37-28)26-36-17-38-29(40-26)42(23-4-2-3-13-34-23)14-18-5-7-20(8-6-18)27-39-22(30(31,32)33)15-41(27)21-11-12-21/h2-8,13,15-17,19,21H,9-12,14H2,1H3. The van der Waals surface area contributed by atoms with Crippen molar-refractivity contribution in [2.45, 2.75) is 50.4 Å². The van der Waals surface area contributed by atoms with E-state index in [-0.39, 0.29) is 6.04 Å².